The molecule has 23 nitrogen and oxygen atoms in total. The lowest BCUT2D eigenvalue weighted by Crippen LogP contribution is -2.42. The van der Waals surface area contributed by atoms with E-state index in [0.717, 1.165) is 87.6 Å². The normalized spacial score (nSPS) is 24.6. The van der Waals surface area contributed by atoms with Gasteiger partial charge in [-0.05, 0) is 112 Å². The van der Waals surface area contributed by atoms with E-state index in [0.29, 0.717) is 122 Å². The second-order valence-electron chi connectivity index (χ2n) is 20.3. The van der Waals surface area contributed by atoms with Gasteiger partial charge in [-0.2, -0.15) is 0 Å². The zero-order valence-corrected chi connectivity index (χ0v) is 64.2. The van der Waals surface area contributed by atoms with Crippen molar-refractivity contribution < 1.29 is 107 Å². The monoisotopic (exact) mass is 1500 g/mol. The minimum absolute atomic E-state index is 0.164. The van der Waals surface area contributed by atoms with Gasteiger partial charge >= 0.3 is 17.6 Å². The predicted octanol–water partition coefficient (Wildman–Crippen LogP) is 6.83. The second-order valence-corrected chi connectivity index (χ2v) is 39.6. The maximum absolute atomic E-state index is 11.2. The molecular formula is C50H100O23P4S8Si2. The topological polar surface area (TPSA) is 269 Å². The molecule has 0 spiro atoms. The summed E-state index contributed by atoms with van der Waals surface area (Å²) >= 11 is 21.4. The van der Waals surface area contributed by atoms with Crippen LogP contribution in [0.5, 0.6) is 0 Å². The molecule has 514 valence electrons. The maximum atomic E-state index is 11.2. The zero-order chi connectivity index (χ0) is 64.6. The summed E-state index contributed by atoms with van der Waals surface area (Å²) in [5.74, 6) is 1.15. The Morgan fingerprint density at radius 2 is 1.16 bits per heavy atom. The SMILES string of the molecule is CCC1CCC(O)C(OC(COCCOP=S=S)COC(C)COC(CO)COCCC[Si](OC)(OC)OC)C1.CCC1CO1.CO[Si](CCCOCC1CO1)(OC)OC.O=[P+]([S-])S.S=S=POCCOCC1CO1.[O-][P+](CC1CCC2OC2C1)=S=S. The van der Waals surface area contributed by atoms with Crippen molar-refractivity contribution in [3.05, 3.63) is 0 Å². The molecule has 0 aromatic heterocycles. The first kappa shape index (κ1) is 87.6. The van der Waals surface area contributed by atoms with Crippen LogP contribution in [-0.2, 0) is 167 Å². The summed E-state index contributed by atoms with van der Waals surface area (Å²) in [5, 5.41) is 20.2. The fourth-order valence-electron chi connectivity index (χ4n) is 8.42. The highest BCUT2D eigenvalue weighted by Crippen LogP contribution is 2.41. The highest BCUT2D eigenvalue weighted by Gasteiger charge is 2.44. The molecule has 0 aromatic carbocycles. The summed E-state index contributed by atoms with van der Waals surface area (Å²) in [7, 11) is 9.57. The Labute approximate surface area is 560 Å². The average molecular weight is 1510 g/mol. The van der Waals surface area contributed by atoms with Gasteiger partial charge in [0.2, 0.25) is 0 Å². The van der Waals surface area contributed by atoms with E-state index in [4.69, 9.17) is 98.9 Å². The third-order valence-electron chi connectivity index (χ3n) is 13.8. The van der Waals surface area contributed by atoms with Gasteiger partial charge in [0.1, 0.15) is 62.2 Å². The summed E-state index contributed by atoms with van der Waals surface area (Å²) in [6.45, 7) is 13.4. The van der Waals surface area contributed by atoms with Gasteiger partial charge < -0.3 is 115 Å². The lowest BCUT2D eigenvalue weighted by molar-refractivity contribution is -0.153. The standard InChI is InChI=1S/C25H51O11PS2Si.C9H20O5Si.C7H11O2PS2.C5H9O3PS2.C4H8O.HOPS2/c1-6-21-8-9-24(27)25(14-21)36-23(18-32-11-12-35-37-39-38)19-33-20(2)16-34-22(15-26)17-31-10-7-13-40(28-3,29-4)30-5;1-10-15(11-2,12-3)6-4-5-13-7-9-8-14-9;8-10(12-11)4-5-1-2-6-7(3-5)9-6;10-11-9-8-2-1-6-3-5-4-7-5;1-2-4-3-5-4;1-2(3)4/h20-27H,6-19H2,1-5H3;9H,4-8H2,1-3H3;5-7H,1-4H2;5H,1-4H2;4H,2-3H2,1H3;(H,1,3,4). The van der Waals surface area contributed by atoms with Crippen molar-refractivity contribution in [2.75, 3.05) is 155 Å². The van der Waals surface area contributed by atoms with Gasteiger partial charge in [-0.15, -0.1) is 0 Å². The van der Waals surface area contributed by atoms with Crippen molar-refractivity contribution >= 4 is 132 Å². The van der Waals surface area contributed by atoms with Crippen molar-refractivity contribution in [2.24, 2.45) is 11.8 Å². The fourth-order valence-corrected chi connectivity index (χ4v) is 15.8. The Balaban J connectivity index is 0.000000641. The number of thiol groups is 1. The Hall–Kier alpha value is 2.57. The molecule has 37 heteroatoms. The molecule has 4 saturated heterocycles. The van der Waals surface area contributed by atoms with E-state index in [1.54, 1.807) is 42.7 Å². The van der Waals surface area contributed by atoms with Crippen LogP contribution in [0, 0.1) is 11.8 Å². The van der Waals surface area contributed by atoms with Crippen LogP contribution in [0.3, 0.4) is 0 Å². The molecule has 0 amide bonds. The number of aliphatic hydroxyl groups excluding tert-OH is 2. The Bertz CT molecular complexity index is 1870. The van der Waals surface area contributed by atoms with E-state index in [1.165, 1.54) is 38.3 Å². The van der Waals surface area contributed by atoms with Crippen LogP contribution in [0.15, 0.2) is 0 Å². The molecule has 6 aliphatic rings. The second kappa shape index (κ2) is 56.6. The lowest BCUT2D eigenvalue weighted by Gasteiger charge is -2.35. The molecule has 2 aliphatic carbocycles. The van der Waals surface area contributed by atoms with Crippen molar-refractivity contribution in [3.8, 4) is 0 Å². The van der Waals surface area contributed by atoms with Gasteiger partial charge in [-0.1, -0.05) is 24.8 Å². The van der Waals surface area contributed by atoms with Crippen molar-refractivity contribution in [1.82, 2.24) is 0 Å². The average Bonchev–Trinajstić information content (AvgIpc) is 2.26. The molecule has 14 unspecified atom stereocenters. The Kier molecular flexibility index (Phi) is 57.0. The van der Waals surface area contributed by atoms with Gasteiger partial charge in [0.05, 0.1) is 141 Å². The first-order valence-corrected chi connectivity index (χ1v) is 46.5. The molecule has 0 bridgehead atoms. The smallest absolute Gasteiger partial charge is 0.500 e. The molecule has 0 radical (unpaired) electrons. The number of ether oxygens (including phenoxy) is 11. The molecule has 4 aliphatic heterocycles. The number of aliphatic hydroxyl groups is 2. The number of epoxide rings is 4. The molecule has 14 atom stereocenters. The number of fused-ring (bicyclic) bond motifs is 1. The number of hydrogen-bond acceptors (Lipinski definition) is 27. The van der Waals surface area contributed by atoms with Gasteiger partial charge in [-0.25, -0.2) is 0 Å². The third-order valence-corrected chi connectivity index (χ3v) is 25.7. The van der Waals surface area contributed by atoms with E-state index >= 15 is 0 Å². The number of hydrogen-bond donors (Lipinski definition) is 3. The van der Waals surface area contributed by atoms with Crippen LogP contribution in [-0.4, -0.2) is 243 Å². The first-order chi connectivity index (χ1) is 42.0. The molecule has 2 saturated carbocycles. The fraction of sp³-hybridized carbons (Fsp3) is 1.00. The minimum Gasteiger partial charge on any atom is -0.620 e. The van der Waals surface area contributed by atoms with Crippen LogP contribution in [0.25, 0.3) is 0 Å². The summed E-state index contributed by atoms with van der Waals surface area (Å²) in [6.07, 6.45) is 9.69. The molecule has 4 heterocycles. The van der Waals surface area contributed by atoms with E-state index in [2.05, 4.69) is 60.7 Å². The summed E-state index contributed by atoms with van der Waals surface area (Å²) in [4.78, 5) is 11.2. The van der Waals surface area contributed by atoms with Crippen LogP contribution in [0.1, 0.15) is 85.0 Å². The van der Waals surface area contributed by atoms with Crippen LogP contribution in [0.4, 0.5) is 0 Å². The molecular weight excluding hydrogens is 1410 g/mol. The Morgan fingerprint density at radius 3 is 1.62 bits per heavy atom. The molecule has 0 aromatic rings. The summed E-state index contributed by atoms with van der Waals surface area (Å²) in [6, 6.07) is 1.41. The minimum atomic E-state index is -2.61. The van der Waals surface area contributed by atoms with Crippen LogP contribution in [0.2, 0.25) is 12.1 Å². The van der Waals surface area contributed by atoms with Crippen molar-refractivity contribution in [2.45, 2.75) is 158 Å². The predicted molar refractivity (Wildman–Crippen MR) is 361 cm³/mol. The van der Waals surface area contributed by atoms with Gasteiger partial charge in [0.15, 0.2) is 0 Å². The molecule has 6 rings (SSSR count). The van der Waals surface area contributed by atoms with Gasteiger partial charge in [0, 0.05) is 85.1 Å². The van der Waals surface area contributed by atoms with E-state index in [1.807, 2.05) is 6.92 Å². The molecule has 6 fully saturated rings. The molecule has 2 N–H and O–H groups in total. The van der Waals surface area contributed by atoms with Gasteiger partial charge in [0.25, 0.3) is 6.20 Å². The van der Waals surface area contributed by atoms with Crippen LogP contribution >= 0.6 is 40.5 Å². The third kappa shape index (κ3) is 48.0. The Morgan fingerprint density at radius 1 is 0.667 bits per heavy atom. The molecule has 87 heavy (non-hydrogen) atoms. The maximum Gasteiger partial charge on any atom is 0.500 e. The summed E-state index contributed by atoms with van der Waals surface area (Å²) < 4.78 is 112. The highest BCUT2D eigenvalue weighted by molar-refractivity contribution is 8.67. The largest absolute Gasteiger partial charge is 0.620 e. The summed E-state index contributed by atoms with van der Waals surface area (Å²) in [5.41, 5.74) is 0. The van der Waals surface area contributed by atoms with E-state index < -0.39 is 42.9 Å². The van der Waals surface area contributed by atoms with Gasteiger partial charge in [-0.3, -0.25) is 0 Å². The van der Waals surface area contributed by atoms with Crippen molar-refractivity contribution in [3.63, 3.8) is 0 Å². The van der Waals surface area contributed by atoms with E-state index in [-0.39, 0.29) is 44.7 Å². The zero-order valence-electron chi connectivity index (χ0n) is 52.0. The van der Waals surface area contributed by atoms with Crippen LogP contribution < -0.4 is 4.89 Å². The lowest BCUT2D eigenvalue weighted by atomic mass is 9.84. The van der Waals surface area contributed by atoms with Crippen molar-refractivity contribution in [1.29, 1.82) is 0 Å². The quantitative estimate of drug-likeness (QED) is 0.0141. The number of rotatable bonds is 43. The van der Waals surface area contributed by atoms with E-state index in [9.17, 15) is 19.7 Å². The highest BCUT2D eigenvalue weighted by atomic mass is 33.0. The first-order valence-electron chi connectivity index (χ1n) is 29.1.